The van der Waals surface area contributed by atoms with Gasteiger partial charge in [-0.15, -0.1) is 11.3 Å². The summed E-state index contributed by atoms with van der Waals surface area (Å²) in [6.07, 6.45) is 0. The van der Waals surface area contributed by atoms with Gasteiger partial charge in [0.1, 0.15) is 13.5 Å². The molecular weight excluding hydrogens is 279 g/mol. The maximum absolute atomic E-state index is 10.4. The van der Waals surface area contributed by atoms with Crippen molar-refractivity contribution in [2.24, 2.45) is 0 Å². The topological polar surface area (TPSA) is 46.5 Å². The second-order valence-corrected chi connectivity index (χ2v) is 4.62. The maximum atomic E-state index is 10.4. The van der Waals surface area contributed by atoms with Crippen LogP contribution in [0.25, 0.3) is 0 Å². The van der Waals surface area contributed by atoms with E-state index in [4.69, 9.17) is 9.84 Å². The Bertz CT molecular complexity index is 281. The molecule has 5 heteroatoms. The zero-order valence-corrected chi connectivity index (χ0v) is 8.60. The molecule has 1 aromatic rings. The summed E-state index contributed by atoms with van der Waals surface area (Å²) in [4.78, 5) is 10.7. The van der Waals surface area contributed by atoms with Gasteiger partial charge in [0.25, 0.3) is 0 Å². The summed E-state index contributed by atoms with van der Waals surface area (Å²) in [5.41, 5.74) is 0. The lowest BCUT2D eigenvalue weighted by atomic mass is 10.4. The fraction of sp³-hybridized carbons (Fsp3) is 0.167. The molecule has 0 bridgehead atoms. The van der Waals surface area contributed by atoms with Crippen LogP contribution in [-0.2, 0) is 0 Å². The molecule has 1 aromatic heterocycles. The first-order chi connectivity index (χ1) is 5.15. The molecule has 0 aliphatic heterocycles. The number of thiophene rings is 1. The van der Waals surface area contributed by atoms with E-state index in [1.807, 2.05) is 22.6 Å². The highest BCUT2D eigenvalue weighted by atomic mass is 127. The van der Waals surface area contributed by atoms with E-state index in [1.165, 1.54) is 24.5 Å². The zero-order chi connectivity index (χ0) is 8.43. The minimum atomic E-state index is -0.906. The minimum Gasteiger partial charge on any atom is -0.495 e. The fourth-order valence-electron chi connectivity index (χ4n) is 0.597. The molecule has 1 heterocycles. The zero-order valence-electron chi connectivity index (χ0n) is 5.63. The Morgan fingerprint density at radius 1 is 1.82 bits per heavy atom. The number of hydrogen-bond acceptors (Lipinski definition) is 3. The van der Waals surface area contributed by atoms with Crippen LogP contribution in [-0.4, -0.2) is 18.2 Å². The molecule has 60 valence electrons. The number of halogens is 1. The molecule has 1 N–H and O–H groups in total. The van der Waals surface area contributed by atoms with Crippen molar-refractivity contribution in [3.8, 4) is 5.75 Å². The number of carboxylic acid groups (broad SMARTS) is 1. The number of rotatable bonds is 2. The van der Waals surface area contributed by atoms with Gasteiger partial charge in [0.15, 0.2) is 0 Å². The molecule has 0 amide bonds. The van der Waals surface area contributed by atoms with E-state index in [2.05, 4.69) is 0 Å². The molecule has 0 atom stereocenters. The quantitative estimate of drug-likeness (QED) is 0.846. The van der Waals surface area contributed by atoms with Gasteiger partial charge in [0, 0.05) is 6.07 Å². The Hall–Kier alpha value is -0.300. The van der Waals surface area contributed by atoms with Gasteiger partial charge >= 0.3 is 5.97 Å². The summed E-state index contributed by atoms with van der Waals surface area (Å²) >= 11 is 3.25. The van der Waals surface area contributed by atoms with Crippen molar-refractivity contribution in [3.63, 3.8) is 0 Å². The molecule has 0 unspecified atom stereocenters. The second kappa shape index (κ2) is 3.40. The number of carboxylic acids is 1. The molecule has 11 heavy (non-hydrogen) atoms. The number of carbonyl (C=O) groups is 1. The standard InChI is InChI=1S/C6H5IO3S/c1-10-3-2-4(6(8)9)11-5(3)7/h2H,1H3,(H,8,9). The Morgan fingerprint density at radius 3 is 2.73 bits per heavy atom. The lowest BCUT2D eigenvalue weighted by Crippen LogP contribution is -1.90. The number of aromatic carboxylic acids is 1. The predicted octanol–water partition coefficient (Wildman–Crippen LogP) is 2.06. The van der Waals surface area contributed by atoms with Crippen molar-refractivity contribution in [1.82, 2.24) is 0 Å². The van der Waals surface area contributed by atoms with Gasteiger partial charge in [0.05, 0.1) is 7.11 Å². The van der Waals surface area contributed by atoms with Crippen molar-refractivity contribution in [2.45, 2.75) is 0 Å². The second-order valence-electron chi connectivity index (χ2n) is 1.76. The molecule has 0 fully saturated rings. The predicted molar refractivity (Wildman–Crippen MR) is 50.5 cm³/mol. The van der Waals surface area contributed by atoms with Crippen molar-refractivity contribution >= 4 is 39.9 Å². The van der Waals surface area contributed by atoms with Gasteiger partial charge in [-0.2, -0.15) is 0 Å². The first-order valence-electron chi connectivity index (χ1n) is 2.71. The normalized spacial score (nSPS) is 9.64. The number of hydrogen-bond donors (Lipinski definition) is 1. The van der Waals surface area contributed by atoms with Crippen LogP contribution < -0.4 is 4.74 Å². The van der Waals surface area contributed by atoms with E-state index < -0.39 is 5.97 Å². The summed E-state index contributed by atoms with van der Waals surface area (Å²) in [7, 11) is 1.52. The fourth-order valence-corrected chi connectivity index (χ4v) is 2.37. The van der Waals surface area contributed by atoms with Crippen molar-refractivity contribution in [3.05, 3.63) is 13.8 Å². The summed E-state index contributed by atoms with van der Waals surface area (Å²) in [6, 6.07) is 1.52. The van der Waals surface area contributed by atoms with Crippen LogP contribution in [0, 0.1) is 2.88 Å². The first-order valence-corrected chi connectivity index (χ1v) is 4.61. The van der Waals surface area contributed by atoms with Crippen molar-refractivity contribution < 1.29 is 14.6 Å². The average Bonchev–Trinajstić information content (AvgIpc) is 2.31. The summed E-state index contributed by atoms with van der Waals surface area (Å²) in [5.74, 6) is -0.274. The SMILES string of the molecule is COc1cc(C(=O)O)sc1I. The molecule has 0 spiro atoms. The highest BCUT2D eigenvalue weighted by molar-refractivity contribution is 14.1. The highest BCUT2D eigenvalue weighted by Gasteiger charge is 2.11. The van der Waals surface area contributed by atoms with Crippen molar-refractivity contribution in [1.29, 1.82) is 0 Å². The Morgan fingerprint density at radius 2 is 2.45 bits per heavy atom. The van der Waals surface area contributed by atoms with Crippen LogP contribution in [0.5, 0.6) is 5.75 Å². The van der Waals surface area contributed by atoms with Crippen LogP contribution in [0.15, 0.2) is 6.07 Å². The first kappa shape index (κ1) is 8.79. The lowest BCUT2D eigenvalue weighted by molar-refractivity contribution is 0.0702. The van der Waals surface area contributed by atoms with Crippen LogP contribution in [0.1, 0.15) is 9.67 Å². The van der Waals surface area contributed by atoms with E-state index in [9.17, 15) is 4.79 Å². The lowest BCUT2D eigenvalue weighted by Gasteiger charge is -1.91. The average molecular weight is 284 g/mol. The molecule has 0 saturated heterocycles. The van der Waals surface area contributed by atoms with E-state index in [-0.39, 0.29) is 0 Å². The molecule has 0 aliphatic carbocycles. The van der Waals surface area contributed by atoms with Crippen LogP contribution in [0.3, 0.4) is 0 Å². The van der Waals surface area contributed by atoms with Crippen LogP contribution >= 0.6 is 33.9 Å². The van der Waals surface area contributed by atoms with Crippen LogP contribution in [0.4, 0.5) is 0 Å². The smallest absolute Gasteiger partial charge is 0.346 e. The Balaban J connectivity index is 3.05. The minimum absolute atomic E-state index is 0.311. The monoisotopic (exact) mass is 284 g/mol. The van der Waals surface area contributed by atoms with Gasteiger partial charge < -0.3 is 9.84 Å². The molecule has 3 nitrogen and oxygen atoms in total. The third kappa shape index (κ3) is 1.84. The van der Waals surface area contributed by atoms with Gasteiger partial charge in [-0.25, -0.2) is 4.79 Å². The Labute approximate surface area is 81.1 Å². The number of ether oxygens (including phenoxy) is 1. The Kier molecular flexibility index (Phi) is 2.72. The van der Waals surface area contributed by atoms with Gasteiger partial charge in [0.2, 0.25) is 0 Å². The number of methoxy groups -OCH3 is 1. The summed E-state index contributed by atoms with van der Waals surface area (Å²) in [5, 5.41) is 8.57. The third-order valence-electron chi connectivity index (χ3n) is 1.09. The van der Waals surface area contributed by atoms with Crippen LogP contribution in [0.2, 0.25) is 0 Å². The van der Waals surface area contributed by atoms with E-state index in [0.717, 1.165) is 2.88 Å². The van der Waals surface area contributed by atoms with E-state index in [1.54, 1.807) is 0 Å². The molecular formula is C6H5IO3S. The molecule has 1 rings (SSSR count). The van der Waals surface area contributed by atoms with E-state index in [0.29, 0.717) is 10.6 Å². The van der Waals surface area contributed by atoms with Gasteiger partial charge in [-0.05, 0) is 22.6 Å². The van der Waals surface area contributed by atoms with E-state index >= 15 is 0 Å². The van der Waals surface area contributed by atoms with Crippen molar-refractivity contribution in [2.75, 3.05) is 7.11 Å². The molecule has 0 aromatic carbocycles. The third-order valence-corrected chi connectivity index (χ3v) is 3.17. The summed E-state index contributed by atoms with van der Waals surface area (Å²) < 4.78 is 5.78. The largest absolute Gasteiger partial charge is 0.495 e. The summed E-state index contributed by atoms with van der Waals surface area (Å²) in [6.45, 7) is 0. The van der Waals surface area contributed by atoms with Gasteiger partial charge in [-0.3, -0.25) is 0 Å². The molecule has 0 aliphatic rings. The van der Waals surface area contributed by atoms with Gasteiger partial charge in [-0.1, -0.05) is 0 Å². The molecule has 0 radical (unpaired) electrons. The molecule has 0 saturated carbocycles. The highest BCUT2D eigenvalue weighted by Crippen LogP contribution is 2.30. The maximum Gasteiger partial charge on any atom is 0.346 e.